The monoisotopic (exact) mass is 528 g/mol. The zero-order chi connectivity index (χ0) is 27.6. The lowest BCUT2D eigenvalue weighted by Gasteiger charge is -2.26. The first kappa shape index (κ1) is 28.2. The van der Waals surface area contributed by atoms with Crippen LogP contribution in [0, 0.1) is 0 Å². The van der Waals surface area contributed by atoms with Crippen molar-refractivity contribution in [2.45, 2.75) is 6.42 Å². The number of hydrogen-bond donors (Lipinski definition) is 2. The summed E-state index contributed by atoms with van der Waals surface area (Å²) in [5.41, 5.74) is 4.19. The highest BCUT2D eigenvalue weighted by molar-refractivity contribution is 6.07. The van der Waals surface area contributed by atoms with Crippen molar-refractivity contribution in [3.8, 4) is 11.1 Å². The normalized spacial score (nSPS) is 13.7. The van der Waals surface area contributed by atoms with E-state index in [1.54, 1.807) is 18.2 Å². The van der Waals surface area contributed by atoms with Crippen LogP contribution in [0.4, 0.5) is 5.69 Å². The molecule has 4 rings (SSSR count). The summed E-state index contributed by atoms with van der Waals surface area (Å²) in [5.74, 6) is -0.625. The van der Waals surface area contributed by atoms with Gasteiger partial charge < -0.3 is 20.3 Å². The van der Waals surface area contributed by atoms with Crippen molar-refractivity contribution in [1.82, 2.24) is 15.1 Å². The second-order valence-corrected chi connectivity index (χ2v) is 9.92. The van der Waals surface area contributed by atoms with Gasteiger partial charge in [0.1, 0.15) is 0 Å². The average molecular weight is 529 g/mol. The number of carbonyl (C=O) groups is 3. The molecule has 39 heavy (non-hydrogen) atoms. The van der Waals surface area contributed by atoms with Crippen molar-refractivity contribution in [3.63, 3.8) is 0 Å². The number of hydrogen-bond acceptors (Lipinski definition) is 6. The van der Waals surface area contributed by atoms with Crippen LogP contribution >= 0.6 is 0 Å². The van der Waals surface area contributed by atoms with Gasteiger partial charge in [-0.1, -0.05) is 60.7 Å². The number of rotatable bonds is 11. The van der Waals surface area contributed by atoms with Gasteiger partial charge in [-0.15, -0.1) is 0 Å². The predicted octanol–water partition coefficient (Wildman–Crippen LogP) is 3.34. The summed E-state index contributed by atoms with van der Waals surface area (Å²) in [7, 11) is 3.86. The lowest BCUT2D eigenvalue weighted by molar-refractivity contribution is -0.118. The van der Waals surface area contributed by atoms with E-state index < -0.39 is 0 Å². The molecule has 1 heterocycles. The lowest BCUT2D eigenvalue weighted by atomic mass is 9.98. The third-order valence-electron chi connectivity index (χ3n) is 6.60. The summed E-state index contributed by atoms with van der Waals surface area (Å²) < 4.78 is 5.36. The van der Waals surface area contributed by atoms with E-state index in [1.165, 1.54) is 0 Å². The smallest absolute Gasteiger partial charge is 0.253 e. The minimum atomic E-state index is -0.297. The molecule has 8 nitrogen and oxygen atoms in total. The molecule has 0 radical (unpaired) electrons. The molecule has 2 amide bonds. The van der Waals surface area contributed by atoms with E-state index in [9.17, 15) is 14.4 Å². The van der Waals surface area contributed by atoms with E-state index in [1.807, 2.05) is 78.5 Å². The number of amides is 2. The molecule has 1 aliphatic heterocycles. The first-order valence-corrected chi connectivity index (χ1v) is 13.2. The van der Waals surface area contributed by atoms with Crippen LogP contribution in [0.3, 0.4) is 0 Å². The minimum Gasteiger partial charge on any atom is -0.379 e. The number of benzene rings is 3. The van der Waals surface area contributed by atoms with Crippen LogP contribution < -0.4 is 10.6 Å². The largest absolute Gasteiger partial charge is 0.379 e. The van der Waals surface area contributed by atoms with Gasteiger partial charge >= 0.3 is 0 Å². The van der Waals surface area contributed by atoms with Crippen molar-refractivity contribution in [3.05, 3.63) is 89.5 Å². The SMILES string of the molecule is CN(C)CCNC(=O)c1ccc(C(=O)Cc2ccc(-c3ccccc3)cc2)cc1NC(=O)CN1CCOCC1. The van der Waals surface area contributed by atoms with E-state index in [0.29, 0.717) is 56.2 Å². The highest BCUT2D eigenvalue weighted by Gasteiger charge is 2.19. The Hall–Kier alpha value is -3.85. The Kier molecular flexibility index (Phi) is 9.97. The van der Waals surface area contributed by atoms with Gasteiger partial charge in [-0.2, -0.15) is 0 Å². The van der Waals surface area contributed by atoms with Crippen LogP contribution in [-0.2, 0) is 16.0 Å². The van der Waals surface area contributed by atoms with E-state index >= 15 is 0 Å². The molecule has 1 fully saturated rings. The third-order valence-corrected chi connectivity index (χ3v) is 6.60. The molecular formula is C31H36N4O4. The molecule has 3 aromatic rings. The molecular weight excluding hydrogens is 492 g/mol. The summed E-state index contributed by atoms with van der Waals surface area (Å²) in [4.78, 5) is 43.0. The van der Waals surface area contributed by atoms with Crippen molar-refractivity contribution >= 4 is 23.3 Å². The maximum atomic E-state index is 13.2. The maximum Gasteiger partial charge on any atom is 0.253 e. The van der Waals surface area contributed by atoms with E-state index in [0.717, 1.165) is 16.7 Å². The van der Waals surface area contributed by atoms with Crippen molar-refractivity contribution in [2.75, 3.05) is 65.3 Å². The fourth-order valence-corrected chi connectivity index (χ4v) is 4.39. The number of anilines is 1. The third kappa shape index (κ3) is 8.32. The number of nitrogens with one attached hydrogen (secondary N) is 2. The van der Waals surface area contributed by atoms with Crippen LogP contribution in [0.5, 0.6) is 0 Å². The summed E-state index contributed by atoms with van der Waals surface area (Å²) in [6.45, 7) is 3.86. The van der Waals surface area contributed by atoms with Crippen LogP contribution in [0.25, 0.3) is 11.1 Å². The second kappa shape index (κ2) is 13.8. The Balaban J connectivity index is 1.48. The summed E-state index contributed by atoms with van der Waals surface area (Å²) in [5, 5.41) is 5.77. The molecule has 0 aromatic heterocycles. The van der Waals surface area contributed by atoms with Crippen molar-refractivity contribution in [2.24, 2.45) is 0 Å². The van der Waals surface area contributed by atoms with Gasteiger partial charge in [0.15, 0.2) is 5.78 Å². The molecule has 1 saturated heterocycles. The fraction of sp³-hybridized carbons (Fsp3) is 0.323. The zero-order valence-electron chi connectivity index (χ0n) is 22.6. The molecule has 2 N–H and O–H groups in total. The number of ether oxygens (including phenoxy) is 1. The Bertz CT molecular complexity index is 1270. The van der Waals surface area contributed by atoms with Crippen LogP contribution in [0.1, 0.15) is 26.3 Å². The molecule has 0 saturated carbocycles. The number of Topliss-reactive ketones (excluding diaryl/α,β-unsaturated/α-hetero) is 1. The Morgan fingerprint density at radius 1 is 0.897 bits per heavy atom. The Labute approximate surface area is 230 Å². The topological polar surface area (TPSA) is 91.0 Å². The first-order valence-electron chi connectivity index (χ1n) is 13.2. The number of likely N-dealkylation sites (N-methyl/N-ethyl adjacent to an activating group) is 1. The molecule has 0 bridgehead atoms. The number of carbonyl (C=O) groups excluding carboxylic acids is 3. The molecule has 204 valence electrons. The minimum absolute atomic E-state index is 0.0919. The van der Waals surface area contributed by atoms with Gasteiger partial charge in [-0.05, 0) is 42.9 Å². The van der Waals surface area contributed by atoms with Gasteiger partial charge in [0.2, 0.25) is 5.91 Å². The zero-order valence-corrected chi connectivity index (χ0v) is 22.6. The number of nitrogens with zero attached hydrogens (tertiary/aromatic N) is 2. The predicted molar refractivity (Wildman–Crippen MR) is 153 cm³/mol. The summed E-state index contributed by atoms with van der Waals surface area (Å²) in [6, 6.07) is 22.9. The number of ketones is 1. The van der Waals surface area contributed by atoms with Gasteiger partial charge in [-0.25, -0.2) is 0 Å². The quantitative estimate of drug-likeness (QED) is 0.371. The molecule has 1 aliphatic rings. The molecule has 0 atom stereocenters. The average Bonchev–Trinajstić information content (AvgIpc) is 2.94. The Morgan fingerprint density at radius 3 is 2.28 bits per heavy atom. The summed E-state index contributed by atoms with van der Waals surface area (Å²) in [6.07, 6.45) is 0.213. The molecule has 0 spiro atoms. The molecule has 0 aliphatic carbocycles. The van der Waals surface area contributed by atoms with Crippen molar-refractivity contribution in [1.29, 1.82) is 0 Å². The number of morpholine rings is 1. The van der Waals surface area contributed by atoms with E-state index in [4.69, 9.17) is 4.74 Å². The van der Waals surface area contributed by atoms with E-state index in [-0.39, 0.29) is 30.6 Å². The molecule has 0 unspecified atom stereocenters. The first-order chi connectivity index (χ1) is 18.9. The van der Waals surface area contributed by atoms with Gasteiger partial charge in [0, 0.05) is 38.2 Å². The highest BCUT2D eigenvalue weighted by Crippen LogP contribution is 2.22. The van der Waals surface area contributed by atoms with Crippen LogP contribution in [0.2, 0.25) is 0 Å². The van der Waals surface area contributed by atoms with Gasteiger partial charge in [-0.3, -0.25) is 19.3 Å². The molecule has 3 aromatic carbocycles. The molecule has 8 heteroatoms. The van der Waals surface area contributed by atoms with Gasteiger partial charge in [0.25, 0.3) is 5.91 Å². The second-order valence-electron chi connectivity index (χ2n) is 9.92. The Morgan fingerprint density at radius 2 is 1.59 bits per heavy atom. The van der Waals surface area contributed by atoms with Crippen LogP contribution in [-0.4, -0.2) is 87.4 Å². The maximum absolute atomic E-state index is 13.2. The summed E-state index contributed by atoms with van der Waals surface area (Å²) >= 11 is 0. The van der Waals surface area contributed by atoms with Crippen molar-refractivity contribution < 1.29 is 19.1 Å². The van der Waals surface area contributed by atoms with E-state index in [2.05, 4.69) is 10.6 Å². The van der Waals surface area contributed by atoms with Gasteiger partial charge in [0.05, 0.1) is 31.0 Å². The standard InChI is InChI=1S/C31H36N4O4/c1-34(2)15-14-32-31(38)27-13-12-26(21-28(27)33-30(37)22-35-16-18-39-19-17-35)29(36)20-23-8-10-25(11-9-23)24-6-4-3-5-7-24/h3-13,21H,14-20,22H2,1-2H3,(H,32,38)(H,33,37). The van der Waals surface area contributed by atoms with Crippen LogP contribution in [0.15, 0.2) is 72.8 Å². The lowest BCUT2D eigenvalue weighted by Crippen LogP contribution is -2.41. The fourth-order valence-electron chi connectivity index (χ4n) is 4.39. The highest BCUT2D eigenvalue weighted by atomic mass is 16.5.